The van der Waals surface area contributed by atoms with Crippen LogP contribution in [0.15, 0.2) is 12.1 Å². The quantitative estimate of drug-likeness (QED) is 0.904. The number of aliphatic hydroxyl groups excluding tert-OH is 1. The van der Waals surface area contributed by atoms with E-state index in [1.165, 1.54) is 22.3 Å². The van der Waals surface area contributed by atoms with Crippen molar-refractivity contribution in [2.24, 2.45) is 5.41 Å². The largest absolute Gasteiger partial charge is 0.396 e. The summed E-state index contributed by atoms with van der Waals surface area (Å²) >= 11 is 0. The van der Waals surface area contributed by atoms with Crippen LogP contribution in [0.1, 0.15) is 22.3 Å². The van der Waals surface area contributed by atoms with E-state index in [1.54, 1.807) is 0 Å². The lowest BCUT2D eigenvalue weighted by atomic mass is 9.56. The van der Waals surface area contributed by atoms with E-state index in [0.717, 1.165) is 0 Å². The maximum Gasteiger partial charge on any atom is 0.0593 e. The fourth-order valence-electron chi connectivity index (χ4n) is 3.40. The van der Waals surface area contributed by atoms with Gasteiger partial charge in [-0.25, -0.2) is 0 Å². The topological polar surface area (TPSA) is 38.7 Å². The average molecular weight is 262 g/mol. The monoisotopic (exact) mass is 262 g/mol. The SMILES string of the molecule is Cc1ccc(C2(C3(CO)COC3)COC2)c(C)c1C. The maximum atomic E-state index is 9.88. The second-order valence-electron chi connectivity index (χ2n) is 6.19. The smallest absolute Gasteiger partial charge is 0.0593 e. The normalized spacial score (nSPS) is 23.6. The second kappa shape index (κ2) is 4.30. The first-order valence-corrected chi connectivity index (χ1v) is 6.90. The van der Waals surface area contributed by atoms with Crippen molar-refractivity contribution in [2.75, 3.05) is 33.0 Å². The third-order valence-corrected chi connectivity index (χ3v) is 5.35. The molecular weight excluding hydrogens is 240 g/mol. The molecule has 2 heterocycles. The highest BCUT2D eigenvalue weighted by atomic mass is 16.5. The molecule has 104 valence electrons. The van der Waals surface area contributed by atoms with E-state index in [1.807, 2.05) is 0 Å². The maximum absolute atomic E-state index is 9.88. The summed E-state index contributed by atoms with van der Waals surface area (Å²) in [6.07, 6.45) is 0. The van der Waals surface area contributed by atoms with Gasteiger partial charge in [0.2, 0.25) is 0 Å². The summed E-state index contributed by atoms with van der Waals surface area (Å²) in [4.78, 5) is 0. The van der Waals surface area contributed by atoms with E-state index in [9.17, 15) is 5.11 Å². The Morgan fingerprint density at radius 3 is 2.05 bits per heavy atom. The minimum absolute atomic E-state index is 0.0669. The molecule has 0 saturated carbocycles. The van der Waals surface area contributed by atoms with E-state index in [-0.39, 0.29) is 17.4 Å². The number of hydrogen-bond acceptors (Lipinski definition) is 3. The van der Waals surface area contributed by atoms with Crippen molar-refractivity contribution < 1.29 is 14.6 Å². The Labute approximate surface area is 114 Å². The van der Waals surface area contributed by atoms with Crippen molar-refractivity contribution in [3.05, 3.63) is 34.4 Å². The summed E-state index contributed by atoms with van der Waals surface area (Å²) in [7, 11) is 0. The molecule has 2 fully saturated rings. The predicted molar refractivity (Wildman–Crippen MR) is 73.5 cm³/mol. The number of aryl methyl sites for hydroxylation is 1. The molecule has 0 spiro atoms. The molecule has 1 aromatic rings. The molecule has 0 radical (unpaired) electrons. The van der Waals surface area contributed by atoms with Crippen LogP contribution in [0.25, 0.3) is 0 Å². The molecule has 0 aromatic heterocycles. The zero-order valence-electron chi connectivity index (χ0n) is 12.0. The standard InChI is InChI=1S/C16H22O3/c1-11-4-5-14(13(3)12(11)2)16(9-19-10-16)15(6-17)7-18-8-15/h4-5,17H,6-10H2,1-3H3. The third kappa shape index (κ3) is 1.55. The Bertz CT molecular complexity index is 493. The molecule has 0 atom stereocenters. The van der Waals surface area contributed by atoms with Gasteiger partial charge in [-0.15, -0.1) is 0 Å². The fraction of sp³-hybridized carbons (Fsp3) is 0.625. The first-order chi connectivity index (χ1) is 9.06. The Hall–Kier alpha value is -0.900. The first-order valence-electron chi connectivity index (χ1n) is 6.90. The molecule has 3 rings (SSSR count). The summed E-state index contributed by atoms with van der Waals surface area (Å²) < 4.78 is 10.9. The Kier molecular flexibility index (Phi) is 2.97. The van der Waals surface area contributed by atoms with Crippen molar-refractivity contribution in [3.63, 3.8) is 0 Å². The van der Waals surface area contributed by atoms with E-state index in [2.05, 4.69) is 32.9 Å². The molecule has 2 aliphatic heterocycles. The molecule has 19 heavy (non-hydrogen) atoms. The van der Waals surface area contributed by atoms with Gasteiger partial charge >= 0.3 is 0 Å². The van der Waals surface area contributed by atoms with Gasteiger partial charge in [-0.3, -0.25) is 0 Å². The van der Waals surface area contributed by atoms with Gasteiger partial charge in [0, 0.05) is 0 Å². The molecule has 1 aromatic carbocycles. The van der Waals surface area contributed by atoms with Gasteiger partial charge in [-0.2, -0.15) is 0 Å². The van der Waals surface area contributed by atoms with Crippen LogP contribution in [-0.2, 0) is 14.9 Å². The van der Waals surface area contributed by atoms with Gasteiger partial charge in [0.1, 0.15) is 0 Å². The molecule has 0 bridgehead atoms. The number of benzene rings is 1. The van der Waals surface area contributed by atoms with Crippen LogP contribution in [0.4, 0.5) is 0 Å². The van der Waals surface area contributed by atoms with Crippen LogP contribution in [0.2, 0.25) is 0 Å². The molecule has 2 aliphatic rings. The van der Waals surface area contributed by atoms with Gasteiger partial charge < -0.3 is 14.6 Å². The van der Waals surface area contributed by atoms with Crippen molar-refractivity contribution in [2.45, 2.75) is 26.2 Å². The highest BCUT2D eigenvalue weighted by molar-refractivity contribution is 5.46. The van der Waals surface area contributed by atoms with Gasteiger partial charge in [0.25, 0.3) is 0 Å². The lowest BCUT2D eigenvalue weighted by Crippen LogP contribution is -2.68. The molecule has 0 aliphatic carbocycles. The minimum atomic E-state index is -0.155. The highest BCUT2D eigenvalue weighted by Gasteiger charge is 2.61. The molecule has 3 heteroatoms. The summed E-state index contributed by atoms with van der Waals surface area (Å²) in [5.74, 6) is 0. The van der Waals surface area contributed by atoms with E-state index in [0.29, 0.717) is 26.4 Å². The molecule has 1 N–H and O–H groups in total. The van der Waals surface area contributed by atoms with Gasteiger partial charge in [0.15, 0.2) is 0 Å². The lowest BCUT2D eigenvalue weighted by molar-refractivity contribution is -0.242. The summed E-state index contributed by atoms with van der Waals surface area (Å²) in [6, 6.07) is 4.40. The Morgan fingerprint density at radius 1 is 1.00 bits per heavy atom. The van der Waals surface area contributed by atoms with Crippen molar-refractivity contribution in [3.8, 4) is 0 Å². The highest BCUT2D eigenvalue weighted by Crippen LogP contribution is 2.52. The van der Waals surface area contributed by atoms with Crippen LogP contribution >= 0.6 is 0 Å². The average Bonchev–Trinajstić information content (AvgIpc) is 2.30. The summed E-state index contributed by atoms with van der Waals surface area (Å²) in [6.45, 7) is 9.33. The van der Waals surface area contributed by atoms with E-state index < -0.39 is 0 Å². The molecule has 3 nitrogen and oxygen atoms in total. The number of hydrogen-bond donors (Lipinski definition) is 1. The molecular formula is C16H22O3. The third-order valence-electron chi connectivity index (χ3n) is 5.35. The molecule has 2 saturated heterocycles. The van der Waals surface area contributed by atoms with Gasteiger partial charge in [-0.05, 0) is 43.0 Å². The van der Waals surface area contributed by atoms with Crippen molar-refractivity contribution in [1.29, 1.82) is 0 Å². The molecule has 0 unspecified atom stereocenters. The van der Waals surface area contributed by atoms with Crippen LogP contribution in [0.3, 0.4) is 0 Å². The Morgan fingerprint density at radius 2 is 1.63 bits per heavy atom. The first kappa shape index (κ1) is 13.1. The van der Waals surface area contributed by atoms with Crippen LogP contribution in [0.5, 0.6) is 0 Å². The zero-order valence-corrected chi connectivity index (χ0v) is 12.0. The van der Waals surface area contributed by atoms with Crippen LogP contribution < -0.4 is 0 Å². The number of rotatable bonds is 3. The second-order valence-corrected chi connectivity index (χ2v) is 6.19. The number of ether oxygens (including phenoxy) is 2. The van der Waals surface area contributed by atoms with Crippen molar-refractivity contribution in [1.82, 2.24) is 0 Å². The minimum Gasteiger partial charge on any atom is -0.396 e. The van der Waals surface area contributed by atoms with Gasteiger partial charge in [-0.1, -0.05) is 12.1 Å². The summed E-state index contributed by atoms with van der Waals surface area (Å²) in [5.41, 5.74) is 5.11. The number of aliphatic hydroxyl groups is 1. The zero-order chi connectivity index (χ0) is 13.7. The van der Waals surface area contributed by atoms with E-state index >= 15 is 0 Å². The predicted octanol–water partition coefficient (Wildman–Crippen LogP) is 1.89. The Balaban J connectivity index is 2.11. The van der Waals surface area contributed by atoms with Crippen LogP contribution in [0, 0.1) is 26.2 Å². The fourth-order valence-corrected chi connectivity index (χ4v) is 3.40. The summed E-state index contributed by atoms with van der Waals surface area (Å²) in [5, 5.41) is 9.88. The van der Waals surface area contributed by atoms with Gasteiger partial charge in [0.05, 0.1) is 43.9 Å². The van der Waals surface area contributed by atoms with Crippen LogP contribution in [-0.4, -0.2) is 38.1 Å². The molecule has 0 amide bonds. The van der Waals surface area contributed by atoms with E-state index in [4.69, 9.17) is 9.47 Å². The van der Waals surface area contributed by atoms with Crippen molar-refractivity contribution >= 4 is 0 Å². The lowest BCUT2D eigenvalue weighted by Gasteiger charge is -2.59.